The van der Waals surface area contributed by atoms with Crippen molar-refractivity contribution in [1.29, 1.82) is 0 Å². The Morgan fingerprint density at radius 1 is 1.43 bits per heavy atom. The number of carbonyl (C=O) groups excluding carboxylic acids is 1. The fourth-order valence-corrected chi connectivity index (χ4v) is 2.18. The van der Waals surface area contributed by atoms with E-state index in [0.29, 0.717) is 6.61 Å². The van der Waals surface area contributed by atoms with Crippen molar-refractivity contribution in [3.05, 3.63) is 11.8 Å². The molecule has 0 radical (unpaired) electrons. The molecule has 0 fully saturated rings. The van der Waals surface area contributed by atoms with E-state index in [2.05, 4.69) is 5.32 Å². The summed E-state index contributed by atoms with van der Waals surface area (Å²) in [6, 6.07) is -1.11. The molecule has 23 heavy (non-hydrogen) atoms. The molecule has 0 aromatic carbocycles. The van der Waals surface area contributed by atoms with Crippen molar-refractivity contribution in [2.24, 2.45) is 0 Å². The summed E-state index contributed by atoms with van der Waals surface area (Å²) in [6.07, 6.45) is -4.02. The van der Waals surface area contributed by atoms with Gasteiger partial charge in [0, 0.05) is 13.5 Å². The van der Waals surface area contributed by atoms with E-state index in [1.54, 1.807) is 0 Å². The van der Waals surface area contributed by atoms with E-state index in [1.165, 1.54) is 6.92 Å². The second-order valence-electron chi connectivity index (χ2n) is 5.27. The van der Waals surface area contributed by atoms with Crippen LogP contribution in [0.5, 0.6) is 0 Å². The first kappa shape index (κ1) is 19.4. The van der Waals surface area contributed by atoms with Crippen LogP contribution >= 0.6 is 0 Å². The number of nitrogens with one attached hydrogen (secondary N) is 1. The minimum atomic E-state index is -1.57. The highest BCUT2D eigenvalue weighted by Gasteiger charge is 2.43. The zero-order chi connectivity index (χ0) is 17.6. The second kappa shape index (κ2) is 8.82. The number of ether oxygens (including phenoxy) is 2. The van der Waals surface area contributed by atoms with Crippen LogP contribution in [0.1, 0.15) is 20.3 Å². The molecule has 5 atom stereocenters. The average molecular weight is 333 g/mol. The molecule has 1 amide bonds. The molecule has 9 heteroatoms. The Kier molecular flexibility index (Phi) is 7.43. The fourth-order valence-electron chi connectivity index (χ4n) is 2.18. The quantitative estimate of drug-likeness (QED) is 0.333. The van der Waals surface area contributed by atoms with Gasteiger partial charge in [-0.15, -0.1) is 0 Å². The van der Waals surface area contributed by atoms with Crippen LogP contribution in [0.2, 0.25) is 0 Å². The molecular formula is C14H23NO8. The van der Waals surface area contributed by atoms with Crippen LogP contribution < -0.4 is 5.32 Å². The van der Waals surface area contributed by atoms with Gasteiger partial charge in [0.15, 0.2) is 6.10 Å². The zero-order valence-electron chi connectivity index (χ0n) is 13.0. The molecule has 1 rings (SSSR count). The van der Waals surface area contributed by atoms with Gasteiger partial charge in [0.25, 0.3) is 0 Å². The highest BCUT2D eigenvalue weighted by Crippen LogP contribution is 2.23. The van der Waals surface area contributed by atoms with Gasteiger partial charge in [-0.05, 0) is 12.5 Å². The van der Waals surface area contributed by atoms with E-state index in [0.717, 1.165) is 12.5 Å². The minimum absolute atomic E-state index is 0.191. The molecular weight excluding hydrogens is 310 g/mol. The second-order valence-corrected chi connectivity index (χ2v) is 5.27. The van der Waals surface area contributed by atoms with Gasteiger partial charge < -0.3 is 35.2 Å². The highest BCUT2D eigenvalue weighted by molar-refractivity contribution is 5.84. The van der Waals surface area contributed by atoms with E-state index in [-0.39, 0.29) is 6.61 Å². The predicted octanol–water partition coefficient (Wildman–Crippen LogP) is -1.63. The fraction of sp³-hybridized carbons (Fsp3) is 0.714. The number of hydrogen-bond donors (Lipinski definition) is 5. The van der Waals surface area contributed by atoms with Crippen molar-refractivity contribution in [2.45, 2.75) is 50.7 Å². The maximum absolute atomic E-state index is 11.2. The highest BCUT2D eigenvalue weighted by atomic mass is 16.5. The average Bonchev–Trinajstić information content (AvgIpc) is 2.47. The number of aliphatic hydroxyl groups excluding tert-OH is 3. The lowest BCUT2D eigenvalue weighted by Gasteiger charge is -2.38. The first-order valence-electron chi connectivity index (χ1n) is 7.28. The number of amides is 1. The summed E-state index contributed by atoms with van der Waals surface area (Å²) >= 11 is 0. The Hall–Kier alpha value is -1.68. The predicted molar refractivity (Wildman–Crippen MR) is 77.3 cm³/mol. The van der Waals surface area contributed by atoms with Crippen LogP contribution in [0, 0.1) is 0 Å². The molecule has 0 saturated heterocycles. The Morgan fingerprint density at radius 2 is 2.09 bits per heavy atom. The summed E-state index contributed by atoms with van der Waals surface area (Å²) in [5.41, 5.74) is 0. The molecule has 2 unspecified atom stereocenters. The topological polar surface area (TPSA) is 146 Å². The Balaban J connectivity index is 2.89. The Morgan fingerprint density at radius 3 is 2.61 bits per heavy atom. The lowest BCUT2D eigenvalue weighted by atomic mass is 9.94. The minimum Gasteiger partial charge on any atom is -0.478 e. The summed E-state index contributed by atoms with van der Waals surface area (Å²) in [4.78, 5) is 22.3. The van der Waals surface area contributed by atoms with Gasteiger partial charge in [-0.1, -0.05) is 6.92 Å². The Bertz CT molecular complexity index is 452. The molecule has 5 N–H and O–H groups in total. The van der Waals surface area contributed by atoms with Crippen LogP contribution in [0.4, 0.5) is 0 Å². The molecule has 0 aromatic rings. The third-order valence-corrected chi connectivity index (χ3v) is 3.26. The van der Waals surface area contributed by atoms with Gasteiger partial charge in [0.1, 0.15) is 18.3 Å². The van der Waals surface area contributed by atoms with Crippen molar-refractivity contribution in [3.63, 3.8) is 0 Å². The van der Waals surface area contributed by atoms with E-state index in [1.807, 2.05) is 6.92 Å². The largest absolute Gasteiger partial charge is 0.478 e. The van der Waals surface area contributed by atoms with Crippen molar-refractivity contribution in [1.82, 2.24) is 5.32 Å². The van der Waals surface area contributed by atoms with E-state index in [9.17, 15) is 24.9 Å². The molecule has 9 nitrogen and oxygen atoms in total. The summed E-state index contributed by atoms with van der Waals surface area (Å²) < 4.78 is 10.3. The smallest absolute Gasteiger partial charge is 0.370 e. The van der Waals surface area contributed by atoms with Crippen LogP contribution in [0.3, 0.4) is 0 Å². The van der Waals surface area contributed by atoms with Crippen molar-refractivity contribution in [3.8, 4) is 0 Å². The number of carboxylic acid groups (broad SMARTS) is 1. The van der Waals surface area contributed by atoms with Crippen molar-refractivity contribution < 1.29 is 39.5 Å². The summed E-state index contributed by atoms with van der Waals surface area (Å²) in [6.45, 7) is 3.27. The number of aliphatic hydroxyl groups is 3. The monoisotopic (exact) mass is 333 g/mol. The van der Waals surface area contributed by atoms with Gasteiger partial charge in [0.05, 0.1) is 12.6 Å². The third-order valence-electron chi connectivity index (χ3n) is 3.26. The lowest BCUT2D eigenvalue weighted by Crippen LogP contribution is -2.59. The molecule has 0 aromatic heterocycles. The van der Waals surface area contributed by atoms with Gasteiger partial charge in [-0.3, -0.25) is 4.79 Å². The van der Waals surface area contributed by atoms with Gasteiger partial charge in [0.2, 0.25) is 11.7 Å². The summed E-state index contributed by atoms with van der Waals surface area (Å²) in [5.74, 6) is -2.50. The molecule has 0 aliphatic carbocycles. The van der Waals surface area contributed by atoms with E-state index >= 15 is 0 Å². The van der Waals surface area contributed by atoms with Crippen molar-refractivity contribution >= 4 is 11.9 Å². The lowest BCUT2D eigenvalue weighted by molar-refractivity contribution is -0.150. The number of carbonyl (C=O) groups is 2. The van der Waals surface area contributed by atoms with Gasteiger partial charge in [-0.25, -0.2) is 4.79 Å². The molecule has 1 aliphatic heterocycles. The van der Waals surface area contributed by atoms with Gasteiger partial charge >= 0.3 is 5.97 Å². The number of rotatable bonds is 8. The Labute approximate surface area is 133 Å². The number of hydrogen-bond acceptors (Lipinski definition) is 7. The van der Waals surface area contributed by atoms with Crippen LogP contribution in [0.15, 0.2) is 11.8 Å². The van der Waals surface area contributed by atoms with E-state index < -0.39 is 48.1 Å². The van der Waals surface area contributed by atoms with Crippen LogP contribution in [-0.2, 0) is 19.1 Å². The summed E-state index contributed by atoms with van der Waals surface area (Å²) in [7, 11) is 0. The zero-order valence-corrected chi connectivity index (χ0v) is 13.0. The first-order chi connectivity index (χ1) is 10.8. The summed E-state index contributed by atoms with van der Waals surface area (Å²) in [5, 5.41) is 41.5. The normalized spacial score (nSPS) is 26.7. The van der Waals surface area contributed by atoms with Crippen molar-refractivity contribution in [2.75, 3.05) is 13.2 Å². The maximum atomic E-state index is 11.2. The number of carboxylic acids is 1. The molecule has 0 saturated carbocycles. The third kappa shape index (κ3) is 5.47. The van der Waals surface area contributed by atoms with E-state index in [4.69, 9.17) is 14.6 Å². The molecule has 132 valence electrons. The van der Waals surface area contributed by atoms with Gasteiger partial charge in [-0.2, -0.15) is 0 Å². The number of aliphatic carboxylic acids is 1. The van der Waals surface area contributed by atoms with Crippen LogP contribution in [-0.4, -0.2) is 76.0 Å². The first-order valence-corrected chi connectivity index (χ1v) is 7.28. The SMILES string of the molecule is CCCOC[C@@H](O)[C@@H](O)C1OC(C(=O)O)=CC(O)[C@H]1NC(C)=O. The molecule has 1 heterocycles. The standard InChI is InChI=1S/C14H23NO8/c1-3-4-22-6-9(18)12(19)13-11(15-7(2)16)8(17)5-10(23-13)14(20)21/h5,8-9,11-13,17-19H,3-4,6H2,1-2H3,(H,15,16)(H,20,21)/t8?,9-,11-,12-,13?/m1/s1. The molecule has 0 spiro atoms. The molecule has 0 bridgehead atoms. The maximum Gasteiger partial charge on any atom is 0.370 e. The van der Waals surface area contributed by atoms with Crippen LogP contribution in [0.25, 0.3) is 0 Å². The molecule has 1 aliphatic rings.